The molecular weight excluding hydrogens is 427 g/mol. The zero-order valence-corrected chi connectivity index (χ0v) is 19.0. The smallest absolute Gasteiger partial charge is 0.354 e. The van der Waals surface area contributed by atoms with Crippen LogP contribution in [0, 0.1) is 5.82 Å². The molecule has 0 radical (unpaired) electrons. The van der Waals surface area contributed by atoms with Crippen molar-refractivity contribution in [1.82, 2.24) is 0 Å². The fourth-order valence-electron chi connectivity index (χ4n) is 4.34. The van der Waals surface area contributed by atoms with E-state index in [0.29, 0.717) is 47.5 Å². The number of halogens is 1. The lowest BCUT2D eigenvalue weighted by Crippen LogP contribution is -2.40. The number of nitrogens with two attached hydrogens (primary N) is 1. The number of aliphatic imine (C=N–C) groups is 1. The lowest BCUT2D eigenvalue weighted by Gasteiger charge is -2.25. The molecule has 0 bridgehead atoms. The van der Waals surface area contributed by atoms with Crippen molar-refractivity contribution in [3.63, 3.8) is 0 Å². The van der Waals surface area contributed by atoms with Crippen LogP contribution in [-0.2, 0) is 35.6 Å². The summed E-state index contributed by atoms with van der Waals surface area (Å²) < 4.78 is 30.7. The van der Waals surface area contributed by atoms with E-state index >= 15 is 0 Å². The minimum atomic E-state index is -3.48. The predicted molar refractivity (Wildman–Crippen MR) is 119 cm³/mol. The number of hydrogen-bond donors (Lipinski definition) is 3. The number of urea groups is 1. The molecule has 1 aliphatic heterocycles. The second-order valence-electron chi connectivity index (χ2n) is 8.82. The molecule has 164 valence electrons. The van der Waals surface area contributed by atoms with Gasteiger partial charge in [0, 0.05) is 5.69 Å². The summed E-state index contributed by atoms with van der Waals surface area (Å²) in [5.41, 5.74) is 2.46. The van der Waals surface area contributed by atoms with Gasteiger partial charge in [-0.1, -0.05) is 11.8 Å². The highest BCUT2D eigenvalue weighted by Gasteiger charge is 2.45. The first-order valence-electron chi connectivity index (χ1n) is 10.1. The molecule has 4 N–H and O–H groups in total. The Morgan fingerprint density at radius 2 is 1.77 bits per heavy atom. The number of hydrogen-bond acceptors (Lipinski definition) is 5. The van der Waals surface area contributed by atoms with Gasteiger partial charge in [0.2, 0.25) is 0 Å². The van der Waals surface area contributed by atoms with Gasteiger partial charge in [-0.15, -0.1) is 4.36 Å². The number of amides is 2. The summed E-state index contributed by atoms with van der Waals surface area (Å²) in [5, 5.41) is 19.4. The molecule has 1 aromatic rings. The number of anilines is 1. The van der Waals surface area contributed by atoms with Gasteiger partial charge >= 0.3 is 6.03 Å². The van der Waals surface area contributed by atoms with Gasteiger partial charge < -0.3 is 10.4 Å². The normalized spacial score (nSPS) is 24.8. The second-order valence-corrected chi connectivity index (χ2v) is 12.8. The van der Waals surface area contributed by atoms with Crippen LogP contribution in [0.4, 0.5) is 14.9 Å². The van der Waals surface area contributed by atoms with E-state index in [2.05, 4.69) is 14.7 Å². The van der Waals surface area contributed by atoms with Crippen LogP contribution in [0.15, 0.2) is 9.36 Å². The van der Waals surface area contributed by atoms with Crippen molar-refractivity contribution >= 4 is 38.4 Å². The summed E-state index contributed by atoms with van der Waals surface area (Å²) in [7, 11) is -3.48. The molecule has 0 fully saturated rings. The topological polar surface area (TPSA) is 117 Å². The fraction of sp³-hybridized carbons (Fsp3) is 0.600. The fourth-order valence-corrected chi connectivity index (χ4v) is 6.82. The Kier molecular flexibility index (Phi) is 5.28. The van der Waals surface area contributed by atoms with Crippen molar-refractivity contribution in [2.24, 2.45) is 14.5 Å². The van der Waals surface area contributed by atoms with E-state index in [4.69, 9.17) is 5.14 Å². The molecule has 0 aromatic heterocycles. The molecule has 2 aliphatic carbocycles. The second kappa shape index (κ2) is 7.29. The average molecular weight is 455 g/mol. The minimum Gasteiger partial charge on any atom is -0.384 e. The number of thioether (sulfide) groups is 1. The van der Waals surface area contributed by atoms with Crippen molar-refractivity contribution < 1.29 is 18.5 Å². The van der Waals surface area contributed by atoms with Crippen LogP contribution in [0.1, 0.15) is 55.9 Å². The average Bonchev–Trinajstić information content (AvgIpc) is 3.36. The van der Waals surface area contributed by atoms with Crippen LogP contribution in [0.5, 0.6) is 0 Å². The number of nitrogens with one attached hydrogen (secondary N) is 1. The van der Waals surface area contributed by atoms with E-state index < -0.39 is 25.6 Å². The molecule has 7 nitrogen and oxygen atoms in total. The number of benzene rings is 1. The Morgan fingerprint density at radius 1 is 1.23 bits per heavy atom. The predicted octanol–water partition coefficient (Wildman–Crippen LogP) is 3.31. The van der Waals surface area contributed by atoms with Crippen molar-refractivity contribution in [1.29, 1.82) is 0 Å². The molecule has 2 unspecified atom stereocenters. The maximum absolute atomic E-state index is 14.8. The van der Waals surface area contributed by atoms with Crippen LogP contribution in [-0.4, -0.2) is 36.6 Å². The number of nitrogens with zero attached hydrogens (tertiary/aromatic N) is 2. The first-order valence-corrected chi connectivity index (χ1v) is 12.5. The lowest BCUT2D eigenvalue weighted by atomic mass is 9.98. The molecule has 30 heavy (non-hydrogen) atoms. The van der Waals surface area contributed by atoms with Crippen LogP contribution >= 0.6 is 11.8 Å². The third kappa shape index (κ3) is 3.57. The van der Waals surface area contributed by atoms with Gasteiger partial charge in [-0.3, -0.25) is 4.99 Å². The van der Waals surface area contributed by atoms with Gasteiger partial charge in [0.05, 0.1) is 6.54 Å². The van der Waals surface area contributed by atoms with E-state index in [0.717, 1.165) is 35.7 Å². The first-order chi connectivity index (χ1) is 13.9. The largest absolute Gasteiger partial charge is 0.384 e. The van der Waals surface area contributed by atoms with E-state index in [1.54, 1.807) is 20.8 Å². The number of carbonyl (C=O) groups excluding carboxylic acids is 1. The summed E-state index contributed by atoms with van der Waals surface area (Å²) in [5.74, 6) is -0.126. The highest BCUT2D eigenvalue weighted by atomic mass is 32.3. The van der Waals surface area contributed by atoms with Gasteiger partial charge in [-0.05, 0) is 81.5 Å². The molecule has 0 saturated carbocycles. The monoisotopic (exact) mass is 454 g/mol. The third-order valence-corrected chi connectivity index (χ3v) is 10.1. The van der Waals surface area contributed by atoms with Gasteiger partial charge in [0.1, 0.15) is 30.5 Å². The van der Waals surface area contributed by atoms with Crippen LogP contribution in [0.2, 0.25) is 0 Å². The summed E-state index contributed by atoms with van der Waals surface area (Å²) in [6.07, 6.45) is 4.40. The zero-order valence-electron chi connectivity index (χ0n) is 17.4. The molecular formula is C20H27FN4O3S2. The van der Waals surface area contributed by atoms with Gasteiger partial charge in [-0.25, -0.2) is 18.5 Å². The van der Waals surface area contributed by atoms with E-state index in [1.807, 2.05) is 0 Å². The Balaban J connectivity index is 1.63. The van der Waals surface area contributed by atoms with Crippen LogP contribution in [0.25, 0.3) is 0 Å². The minimum absolute atomic E-state index is 0.0877. The zero-order chi connectivity index (χ0) is 21.9. The number of fused-ring (bicyclic) bond motifs is 2. The standard InChI is InChI=1S/C20H27FN4O3S2/c1-19(2,27)17-23-10-20(3,29-17)30(22,28)25-18(26)24-16-13-8-4-6-11(13)15(21)12-7-5-9-14(12)16/h27H,4-10H2,1-3H3,(H3,22,24,25,26,28). The van der Waals surface area contributed by atoms with Crippen molar-refractivity contribution in [3.05, 3.63) is 28.1 Å². The summed E-state index contributed by atoms with van der Waals surface area (Å²) >= 11 is 1.09. The van der Waals surface area contributed by atoms with Crippen molar-refractivity contribution in [2.75, 3.05) is 11.9 Å². The molecule has 1 heterocycles. The molecule has 3 aliphatic rings. The quantitative estimate of drug-likeness (QED) is 0.649. The maximum Gasteiger partial charge on any atom is 0.354 e. The Hall–Kier alpha value is -1.49. The Labute approximate surface area is 180 Å². The van der Waals surface area contributed by atoms with Crippen LogP contribution < -0.4 is 10.5 Å². The molecule has 2 atom stereocenters. The molecule has 4 rings (SSSR count). The van der Waals surface area contributed by atoms with Crippen molar-refractivity contribution in [2.45, 2.75) is 69.0 Å². The lowest BCUT2D eigenvalue weighted by molar-refractivity contribution is 0.157. The molecule has 0 saturated heterocycles. The van der Waals surface area contributed by atoms with Crippen molar-refractivity contribution in [3.8, 4) is 0 Å². The number of rotatable bonds is 3. The SMILES string of the molecule is CC(C)(O)C1=NCC(C)(S(N)(=O)=NC(=O)Nc2c3c(c(F)c4c2CCC4)CCC3)S1. The highest BCUT2D eigenvalue weighted by Crippen LogP contribution is 2.42. The van der Waals surface area contributed by atoms with E-state index in [9.17, 15) is 18.5 Å². The Morgan fingerprint density at radius 3 is 2.27 bits per heavy atom. The number of aliphatic hydroxyl groups is 1. The summed E-state index contributed by atoms with van der Waals surface area (Å²) in [6.45, 7) is 4.89. The highest BCUT2D eigenvalue weighted by molar-refractivity contribution is 8.24. The maximum atomic E-state index is 14.8. The van der Waals surface area contributed by atoms with E-state index in [-0.39, 0.29) is 12.4 Å². The summed E-state index contributed by atoms with van der Waals surface area (Å²) in [4.78, 5) is 17.0. The summed E-state index contributed by atoms with van der Waals surface area (Å²) in [6, 6.07) is -0.796. The molecule has 2 amide bonds. The van der Waals surface area contributed by atoms with Crippen LogP contribution in [0.3, 0.4) is 0 Å². The molecule has 1 aromatic carbocycles. The van der Waals surface area contributed by atoms with Gasteiger partial charge in [0.15, 0.2) is 0 Å². The number of carbonyl (C=O) groups is 1. The third-order valence-electron chi connectivity index (χ3n) is 5.98. The first kappa shape index (κ1) is 21.7. The Bertz CT molecular complexity index is 1050. The van der Waals surface area contributed by atoms with Gasteiger partial charge in [-0.2, -0.15) is 0 Å². The van der Waals surface area contributed by atoms with Gasteiger partial charge in [0.25, 0.3) is 0 Å². The van der Waals surface area contributed by atoms with E-state index in [1.165, 1.54) is 0 Å². The molecule has 0 spiro atoms. The molecule has 10 heteroatoms.